The van der Waals surface area contributed by atoms with Gasteiger partial charge in [0.15, 0.2) is 5.82 Å². The fourth-order valence-corrected chi connectivity index (χ4v) is 2.12. The zero-order chi connectivity index (χ0) is 11.1. The predicted octanol–water partition coefficient (Wildman–Crippen LogP) is 2.55. The number of alkyl halides is 2. The minimum Gasteiger partial charge on any atom is -0.381 e. The van der Waals surface area contributed by atoms with E-state index in [2.05, 4.69) is 5.10 Å². The number of nitrogen functional groups attached to an aromatic ring is 1. The Bertz CT molecular complexity index is 345. The summed E-state index contributed by atoms with van der Waals surface area (Å²) < 4.78 is 27.3. The van der Waals surface area contributed by atoms with E-state index in [1.807, 2.05) is 0 Å². The maximum Gasteiger partial charge on any atom is 0.248 e. The summed E-state index contributed by atoms with van der Waals surface area (Å²) >= 11 is 5.71. The fraction of sp³-hybridized carbons (Fsp3) is 0.667. The van der Waals surface area contributed by atoms with Gasteiger partial charge in [-0.2, -0.15) is 5.10 Å². The van der Waals surface area contributed by atoms with Crippen molar-refractivity contribution in [3.63, 3.8) is 0 Å². The van der Waals surface area contributed by atoms with Crippen LogP contribution in [-0.2, 0) is 6.54 Å². The molecule has 0 radical (unpaired) electrons. The van der Waals surface area contributed by atoms with Gasteiger partial charge in [0.1, 0.15) is 5.02 Å². The third-order valence-corrected chi connectivity index (χ3v) is 2.99. The standard InChI is InChI=1S/C9H12ClF2N3/c10-7-5-15(14-8(7)13)4-6-1-2-9(11,12)3-6/h5-6H,1-4H2,(H2,13,14). The van der Waals surface area contributed by atoms with Gasteiger partial charge in [0, 0.05) is 25.6 Å². The second-order valence-corrected chi connectivity index (χ2v) is 4.46. The Morgan fingerprint density at radius 1 is 1.67 bits per heavy atom. The number of nitrogens with two attached hydrogens (primary N) is 1. The van der Waals surface area contributed by atoms with E-state index in [1.54, 1.807) is 10.9 Å². The molecule has 1 atom stereocenters. The van der Waals surface area contributed by atoms with Crippen LogP contribution in [0, 0.1) is 5.92 Å². The molecular formula is C9H12ClF2N3. The van der Waals surface area contributed by atoms with E-state index >= 15 is 0 Å². The van der Waals surface area contributed by atoms with Gasteiger partial charge in [-0.3, -0.25) is 4.68 Å². The van der Waals surface area contributed by atoms with Crippen LogP contribution in [0.3, 0.4) is 0 Å². The molecule has 0 bridgehead atoms. The second kappa shape index (κ2) is 3.63. The van der Waals surface area contributed by atoms with Gasteiger partial charge in [0.25, 0.3) is 0 Å². The molecule has 1 aliphatic carbocycles. The molecule has 0 aromatic carbocycles. The number of nitrogens with zero attached hydrogens (tertiary/aromatic N) is 2. The Hall–Kier alpha value is -0.840. The van der Waals surface area contributed by atoms with Crippen LogP contribution in [0.2, 0.25) is 5.02 Å². The smallest absolute Gasteiger partial charge is 0.248 e. The lowest BCUT2D eigenvalue weighted by Crippen LogP contribution is -2.13. The molecule has 1 unspecified atom stereocenters. The fourth-order valence-electron chi connectivity index (χ4n) is 1.97. The highest BCUT2D eigenvalue weighted by molar-refractivity contribution is 6.32. The lowest BCUT2D eigenvalue weighted by Gasteiger charge is -2.10. The number of anilines is 1. The van der Waals surface area contributed by atoms with Gasteiger partial charge in [-0.05, 0) is 12.3 Å². The van der Waals surface area contributed by atoms with Crippen LogP contribution in [0.5, 0.6) is 0 Å². The SMILES string of the molecule is Nc1nn(CC2CCC(F)(F)C2)cc1Cl. The van der Waals surface area contributed by atoms with Crippen LogP contribution in [-0.4, -0.2) is 15.7 Å². The first kappa shape index (κ1) is 10.7. The van der Waals surface area contributed by atoms with Gasteiger partial charge in [-0.1, -0.05) is 11.6 Å². The summed E-state index contributed by atoms with van der Waals surface area (Å²) in [5, 5.41) is 4.31. The van der Waals surface area contributed by atoms with Crippen molar-refractivity contribution in [3.05, 3.63) is 11.2 Å². The zero-order valence-corrected chi connectivity index (χ0v) is 8.84. The van der Waals surface area contributed by atoms with Crippen LogP contribution in [0.15, 0.2) is 6.20 Å². The molecule has 6 heteroatoms. The molecule has 1 aliphatic rings. The Kier molecular flexibility index (Phi) is 2.58. The van der Waals surface area contributed by atoms with Crippen molar-refractivity contribution in [2.24, 2.45) is 5.92 Å². The van der Waals surface area contributed by atoms with Gasteiger partial charge in [0.05, 0.1) is 0 Å². The number of aromatic nitrogens is 2. The molecule has 1 saturated carbocycles. The summed E-state index contributed by atoms with van der Waals surface area (Å²) in [6, 6.07) is 0. The molecule has 15 heavy (non-hydrogen) atoms. The van der Waals surface area contributed by atoms with E-state index in [1.165, 1.54) is 0 Å². The number of halogens is 3. The monoisotopic (exact) mass is 235 g/mol. The number of hydrogen-bond acceptors (Lipinski definition) is 2. The Labute approximate surface area is 91.2 Å². The highest BCUT2D eigenvalue weighted by atomic mass is 35.5. The average molecular weight is 236 g/mol. The summed E-state index contributed by atoms with van der Waals surface area (Å²) in [6.45, 7) is 0.465. The Morgan fingerprint density at radius 3 is 2.87 bits per heavy atom. The molecule has 1 aromatic rings. The molecule has 0 aliphatic heterocycles. The Morgan fingerprint density at radius 2 is 2.40 bits per heavy atom. The predicted molar refractivity (Wildman–Crippen MR) is 53.9 cm³/mol. The average Bonchev–Trinajstić information content (AvgIpc) is 2.58. The zero-order valence-electron chi connectivity index (χ0n) is 8.09. The third-order valence-electron chi connectivity index (χ3n) is 2.69. The molecular weight excluding hydrogens is 224 g/mol. The summed E-state index contributed by atoms with van der Waals surface area (Å²) in [5.41, 5.74) is 5.46. The molecule has 0 amide bonds. The van der Waals surface area contributed by atoms with Crippen molar-refractivity contribution in [2.45, 2.75) is 31.7 Å². The number of hydrogen-bond donors (Lipinski definition) is 1. The Balaban J connectivity index is 1.98. The van der Waals surface area contributed by atoms with E-state index in [0.717, 1.165) is 0 Å². The minimum absolute atomic E-state index is 0.0256. The minimum atomic E-state index is -2.51. The van der Waals surface area contributed by atoms with Gasteiger partial charge in [-0.15, -0.1) is 0 Å². The highest BCUT2D eigenvalue weighted by Gasteiger charge is 2.39. The van der Waals surface area contributed by atoms with E-state index < -0.39 is 5.92 Å². The van der Waals surface area contributed by atoms with Crippen molar-refractivity contribution < 1.29 is 8.78 Å². The molecule has 1 fully saturated rings. The largest absolute Gasteiger partial charge is 0.381 e. The van der Waals surface area contributed by atoms with Crippen LogP contribution >= 0.6 is 11.6 Å². The molecule has 0 spiro atoms. The van der Waals surface area contributed by atoms with Crippen LogP contribution in [0.1, 0.15) is 19.3 Å². The van der Waals surface area contributed by atoms with Gasteiger partial charge in [-0.25, -0.2) is 8.78 Å². The molecule has 3 nitrogen and oxygen atoms in total. The summed E-state index contributed by atoms with van der Waals surface area (Å²) in [5.74, 6) is -2.29. The maximum atomic E-state index is 12.9. The molecule has 2 rings (SSSR count). The van der Waals surface area contributed by atoms with Gasteiger partial charge in [0.2, 0.25) is 5.92 Å². The molecule has 1 aromatic heterocycles. The highest BCUT2D eigenvalue weighted by Crippen LogP contribution is 2.39. The van der Waals surface area contributed by atoms with Crippen molar-refractivity contribution >= 4 is 17.4 Å². The molecule has 84 valence electrons. The second-order valence-electron chi connectivity index (χ2n) is 4.05. The topological polar surface area (TPSA) is 43.8 Å². The van der Waals surface area contributed by atoms with Crippen molar-refractivity contribution in [3.8, 4) is 0 Å². The van der Waals surface area contributed by atoms with Crippen LogP contribution in [0.4, 0.5) is 14.6 Å². The first-order valence-electron chi connectivity index (χ1n) is 4.82. The van der Waals surface area contributed by atoms with Gasteiger partial charge < -0.3 is 5.73 Å². The summed E-state index contributed by atoms with van der Waals surface area (Å²) in [6.07, 6.45) is 2.02. The van der Waals surface area contributed by atoms with E-state index in [4.69, 9.17) is 17.3 Å². The quantitative estimate of drug-likeness (QED) is 0.856. The van der Waals surface area contributed by atoms with Crippen molar-refractivity contribution in [2.75, 3.05) is 5.73 Å². The third kappa shape index (κ3) is 2.40. The van der Waals surface area contributed by atoms with Crippen LogP contribution < -0.4 is 5.73 Å². The number of rotatable bonds is 2. The maximum absolute atomic E-state index is 12.9. The summed E-state index contributed by atoms with van der Waals surface area (Å²) in [7, 11) is 0. The lowest BCUT2D eigenvalue weighted by molar-refractivity contribution is 0.00423. The van der Waals surface area contributed by atoms with Crippen molar-refractivity contribution in [1.82, 2.24) is 9.78 Å². The molecule has 1 heterocycles. The lowest BCUT2D eigenvalue weighted by atomic mass is 10.1. The normalized spacial score (nSPS) is 24.6. The summed E-state index contributed by atoms with van der Waals surface area (Å²) in [4.78, 5) is 0. The van der Waals surface area contributed by atoms with Crippen molar-refractivity contribution in [1.29, 1.82) is 0 Å². The van der Waals surface area contributed by atoms with E-state index in [0.29, 0.717) is 18.0 Å². The van der Waals surface area contributed by atoms with Gasteiger partial charge >= 0.3 is 0 Å². The first-order chi connectivity index (χ1) is 6.96. The van der Waals surface area contributed by atoms with E-state index in [-0.39, 0.29) is 24.6 Å². The first-order valence-corrected chi connectivity index (χ1v) is 5.20. The van der Waals surface area contributed by atoms with Crippen LogP contribution in [0.25, 0.3) is 0 Å². The molecule has 2 N–H and O–H groups in total. The molecule has 0 saturated heterocycles. The van der Waals surface area contributed by atoms with E-state index in [9.17, 15) is 8.78 Å².